The molecule has 5 nitrogen and oxygen atoms in total. The van der Waals surface area contributed by atoms with Gasteiger partial charge in [0.15, 0.2) is 5.75 Å². The number of benzene rings is 3. The fourth-order valence-electron chi connectivity index (χ4n) is 3.43. The van der Waals surface area contributed by atoms with Crippen molar-refractivity contribution in [2.75, 3.05) is 0 Å². The topological polar surface area (TPSA) is 56.5 Å². The van der Waals surface area contributed by atoms with Gasteiger partial charge in [-0.2, -0.15) is 9.78 Å². The van der Waals surface area contributed by atoms with Crippen molar-refractivity contribution in [2.45, 2.75) is 32.8 Å². The van der Waals surface area contributed by atoms with Crippen LogP contribution in [0, 0.1) is 5.82 Å². The second kappa shape index (κ2) is 11.0. The molecule has 3 aromatic carbocycles. The van der Waals surface area contributed by atoms with Gasteiger partial charge < -0.3 is 4.74 Å². The third-order valence-corrected chi connectivity index (χ3v) is 6.89. The molecule has 0 radical (unpaired) electrons. The summed E-state index contributed by atoms with van der Waals surface area (Å²) in [5.41, 5.74) is 1.88. The van der Waals surface area contributed by atoms with Gasteiger partial charge in [-0.15, -0.1) is 0 Å². The average molecular weight is 622 g/mol. The zero-order valence-electron chi connectivity index (χ0n) is 18.9. The van der Waals surface area contributed by atoms with Crippen LogP contribution in [0.3, 0.4) is 0 Å². The van der Waals surface area contributed by atoms with Crippen molar-refractivity contribution >= 4 is 60.6 Å². The molecule has 0 saturated carbocycles. The van der Waals surface area contributed by atoms with Crippen LogP contribution in [0.4, 0.5) is 4.39 Å². The second-order valence-corrected chi connectivity index (χ2v) is 10.2. The van der Waals surface area contributed by atoms with E-state index in [1.54, 1.807) is 36.5 Å². The summed E-state index contributed by atoms with van der Waals surface area (Å²) in [6.07, 6.45) is 2.38. The Morgan fingerprint density at radius 1 is 1.17 bits per heavy atom. The zero-order valence-corrected chi connectivity index (χ0v) is 22.9. The molecule has 0 aliphatic heterocycles. The number of aromatic nitrogens is 2. The highest BCUT2D eigenvalue weighted by atomic mass is 79.9. The molecule has 9 heteroatoms. The normalized spacial score (nSPS) is 12.4. The van der Waals surface area contributed by atoms with Crippen LogP contribution in [-0.4, -0.2) is 15.9 Å². The van der Waals surface area contributed by atoms with Gasteiger partial charge in [-0.3, -0.25) is 4.79 Å². The minimum absolute atomic E-state index is 0.0328. The summed E-state index contributed by atoms with van der Waals surface area (Å²) in [4.78, 5) is 18.0. The SMILES string of the molecule is CC[C@@H](C)c1nc2ccc(Br)cc2c(=O)n1N=Cc1cc(Cl)c(OCc2ccc(F)cc2)c(Br)c1. The third-order valence-electron chi connectivity index (χ3n) is 5.53. The second-order valence-electron chi connectivity index (χ2n) is 8.03. The average Bonchev–Trinajstić information content (AvgIpc) is 2.83. The predicted octanol–water partition coefficient (Wildman–Crippen LogP) is 7.69. The Kier molecular flexibility index (Phi) is 8.04. The molecule has 1 aromatic heterocycles. The van der Waals surface area contributed by atoms with Gasteiger partial charge in [-0.25, -0.2) is 9.37 Å². The smallest absolute Gasteiger partial charge is 0.282 e. The van der Waals surface area contributed by atoms with Crippen LogP contribution in [0.5, 0.6) is 5.75 Å². The first kappa shape index (κ1) is 25.5. The van der Waals surface area contributed by atoms with E-state index in [9.17, 15) is 9.18 Å². The Hall–Kier alpha value is -2.55. The Balaban J connectivity index is 1.66. The lowest BCUT2D eigenvalue weighted by Gasteiger charge is -2.14. The van der Waals surface area contributed by atoms with Crippen LogP contribution in [0.2, 0.25) is 5.02 Å². The van der Waals surface area contributed by atoms with Crippen molar-refractivity contribution in [3.63, 3.8) is 0 Å². The summed E-state index contributed by atoms with van der Waals surface area (Å²) < 4.78 is 21.7. The number of hydrogen-bond donors (Lipinski definition) is 0. The first-order valence-corrected chi connectivity index (χ1v) is 12.9. The molecule has 1 atom stereocenters. The van der Waals surface area contributed by atoms with E-state index < -0.39 is 0 Å². The molecular weight excluding hydrogens is 601 g/mol. The molecule has 0 amide bonds. The Labute approximate surface area is 223 Å². The van der Waals surface area contributed by atoms with E-state index in [0.29, 0.717) is 37.5 Å². The molecule has 4 aromatic rings. The highest BCUT2D eigenvalue weighted by Crippen LogP contribution is 2.35. The van der Waals surface area contributed by atoms with E-state index in [1.807, 2.05) is 26.0 Å². The fraction of sp³-hybridized carbons (Fsp3) is 0.192. The van der Waals surface area contributed by atoms with Gasteiger partial charge in [0.2, 0.25) is 0 Å². The zero-order chi connectivity index (χ0) is 25.1. The van der Waals surface area contributed by atoms with Crippen LogP contribution in [0.25, 0.3) is 10.9 Å². The molecule has 0 aliphatic rings. The van der Waals surface area contributed by atoms with Crippen molar-refractivity contribution in [1.82, 2.24) is 9.66 Å². The number of halogens is 4. The maximum Gasteiger partial charge on any atom is 0.282 e. The van der Waals surface area contributed by atoms with Crippen LogP contribution in [0.1, 0.15) is 43.1 Å². The molecule has 0 spiro atoms. The van der Waals surface area contributed by atoms with E-state index in [4.69, 9.17) is 21.3 Å². The van der Waals surface area contributed by atoms with E-state index >= 15 is 0 Å². The number of fused-ring (bicyclic) bond motifs is 1. The standard InChI is InChI=1S/C26H21Br2ClFN3O2/c1-3-15(2)25-32-23-9-6-18(27)12-20(23)26(34)33(25)31-13-17-10-21(28)24(22(29)11-17)35-14-16-4-7-19(30)8-5-16/h4-13,15H,3,14H2,1-2H3/t15-/m1/s1. The molecule has 0 N–H and O–H groups in total. The molecular formula is C26H21Br2ClFN3O2. The van der Waals surface area contributed by atoms with Gasteiger partial charge in [0.05, 0.1) is 26.6 Å². The van der Waals surface area contributed by atoms with Gasteiger partial charge in [0.25, 0.3) is 5.56 Å². The quantitative estimate of drug-likeness (QED) is 0.199. The lowest BCUT2D eigenvalue weighted by atomic mass is 10.1. The molecule has 0 bridgehead atoms. The molecule has 0 fully saturated rings. The van der Waals surface area contributed by atoms with Crippen molar-refractivity contribution in [3.8, 4) is 5.75 Å². The fourth-order valence-corrected chi connectivity index (χ4v) is 4.78. The Bertz CT molecular complexity index is 1450. The lowest BCUT2D eigenvalue weighted by Crippen LogP contribution is -2.23. The maximum absolute atomic E-state index is 13.3. The van der Waals surface area contributed by atoms with Gasteiger partial charge in [0.1, 0.15) is 18.2 Å². The summed E-state index contributed by atoms with van der Waals surface area (Å²) in [7, 11) is 0. The van der Waals surface area contributed by atoms with E-state index in [2.05, 4.69) is 37.0 Å². The molecule has 4 rings (SSSR count). The summed E-state index contributed by atoms with van der Waals surface area (Å²) >= 11 is 13.4. The van der Waals surface area contributed by atoms with Crippen molar-refractivity contribution in [1.29, 1.82) is 0 Å². The first-order chi connectivity index (χ1) is 16.8. The monoisotopic (exact) mass is 619 g/mol. The van der Waals surface area contributed by atoms with Crippen molar-refractivity contribution < 1.29 is 9.13 Å². The summed E-state index contributed by atoms with van der Waals surface area (Å²) in [5.74, 6) is 0.780. The largest absolute Gasteiger partial charge is 0.486 e. The minimum Gasteiger partial charge on any atom is -0.486 e. The Morgan fingerprint density at radius 3 is 2.60 bits per heavy atom. The van der Waals surface area contributed by atoms with E-state index in [-0.39, 0.29) is 23.9 Å². The minimum atomic E-state index is -0.304. The van der Waals surface area contributed by atoms with Crippen LogP contribution in [0.15, 0.2) is 73.4 Å². The first-order valence-electron chi connectivity index (χ1n) is 10.9. The number of rotatable bonds is 7. The Morgan fingerprint density at radius 2 is 1.91 bits per heavy atom. The summed E-state index contributed by atoms with van der Waals surface area (Å²) in [5, 5.41) is 5.34. The predicted molar refractivity (Wildman–Crippen MR) is 145 cm³/mol. The van der Waals surface area contributed by atoms with Crippen molar-refractivity contribution in [3.05, 3.63) is 102 Å². The van der Waals surface area contributed by atoms with Gasteiger partial charge in [-0.05, 0) is 75.9 Å². The molecule has 0 aliphatic carbocycles. The molecule has 0 saturated heterocycles. The van der Waals surface area contributed by atoms with Gasteiger partial charge >= 0.3 is 0 Å². The van der Waals surface area contributed by atoms with E-state index in [0.717, 1.165) is 16.5 Å². The number of nitrogens with zero attached hydrogens (tertiary/aromatic N) is 3. The van der Waals surface area contributed by atoms with Gasteiger partial charge in [-0.1, -0.05) is 53.5 Å². The van der Waals surface area contributed by atoms with E-state index in [1.165, 1.54) is 16.8 Å². The van der Waals surface area contributed by atoms with Gasteiger partial charge in [0, 0.05) is 10.4 Å². The highest BCUT2D eigenvalue weighted by molar-refractivity contribution is 9.10. The molecule has 35 heavy (non-hydrogen) atoms. The van der Waals surface area contributed by atoms with Crippen LogP contribution >= 0.6 is 43.5 Å². The molecule has 1 heterocycles. The number of hydrogen-bond acceptors (Lipinski definition) is 4. The molecule has 0 unspecified atom stereocenters. The highest BCUT2D eigenvalue weighted by Gasteiger charge is 2.16. The summed E-state index contributed by atoms with van der Waals surface area (Å²) in [6, 6.07) is 15.0. The van der Waals surface area contributed by atoms with Crippen molar-refractivity contribution in [2.24, 2.45) is 5.10 Å². The third kappa shape index (κ3) is 5.82. The van der Waals surface area contributed by atoms with Crippen LogP contribution < -0.4 is 10.3 Å². The maximum atomic E-state index is 13.3. The number of ether oxygens (including phenoxy) is 1. The lowest BCUT2D eigenvalue weighted by molar-refractivity contribution is 0.304. The molecule has 180 valence electrons. The van der Waals surface area contributed by atoms with Crippen LogP contribution in [-0.2, 0) is 6.61 Å². The summed E-state index contributed by atoms with van der Waals surface area (Å²) in [6.45, 7) is 4.29.